The summed E-state index contributed by atoms with van der Waals surface area (Å²) in [6.07, 6.45) is 0.321. The third-order valence-corrected chi connectivity index (χ3v) is 8.18. The molecule has 1 aromatic carbocycles. The van der Waals surface area contributed by atoms with Crippen LogP contribution in [0, 0.1) is 25.7 Å². The van der Waals surface area contributed by atoms with Gasteiger partial charge >= 0.3 is 5.97 Å². The number of anilines is 1. The Labute approximate surface area is 202 Å². The van der Waals surface area contributed by atoms with Crippen molar-refractivity contribution >= 4 is 39.4 Å². The second kappa shape index (κ2) is 9.00. The third kappa shape index (κ3) is 3.59. The Bertz CT molecular complexity index is 946. The molecule has 2 bridgehead atoms. The lowest BCUT2D eigenvalue weighted by Gasteiger charge is -2.36. The van der Waals surface area contributed by atoms with E-state index in [9.17, 15) is 19.5 Å². The summed E-state index contributed by atoms with van der Waals surface area (Å²) in [5.74, 6) is -2.82. The molecule has 2 N–H and O–H groups in total. The summed E-state index contributed by atoms with van der Waals surface area (Å²) in [6, 6.07) is 4.20. The van der Waals surface area contributed by atoms with Crippen molar-refractivity contribution in [2.45, 2.75) is 69.2 Å². The van der Waals surface area contributed by atoms with Crippen molar-refractivity contribution < 1.29 is 29.0 Å². The van der Waals surface area contributed by atoms with E-state index < -0.39 is 41.6 Å². The molecule has 3 aliphatic rings. The molecule has 0 radical (unpaired) electrons. The molecule has 3 aliphatic heterocycles. The van der Waals surface area contributed by atoms with Gasteiger partial charge in [0.25, 0.3) is 0 Å². The van der Waals surface area contributed by atoms with Crippen LogP contribution in [0.15, 0.2) is 18.2 Å². The molecular formula is C24H31BrN2O6. The number of fused-ring (bicyclic) bond motifs is 1. The van der Waals surface area contributed by atoms with Gasteiger partial charge in [-0.05, 0) is 44.7 Å². The molecule has 33 heavy (non-hydrogen) atoms. The van der Waals surface area contributed by atoms with E-state index in [4.69, 9.17) is 9.47 Å². The molecule has 0 aliphatic carbocycles. The normalized spacial score (nSPS) is 33.2. The van der Waals surface area contributed by atoms with E-state index in [0.29, 0.717) is 18.5 Å². The fourth-order valence-corrected chi connectivity index (χ4v) is 6.83. The van der Waals surface area contributed by atoms with Gasteiger partial charge in [0.1, 0.15) is 11.6 Å². The molecule has 1 spiro atoms. The van der Waals surface area contributed by atoms with Crippen molar-refractivity contribution in [3.63, 3.8) is 0 Å². The van der Waals surface area contributed by atoms with Crippen molar-refractivity contribution in [3.8, 4) is 0 Å². The molecule has 3 fully saturated rings. The van der Waals surface area contributed by atoms with Crippen molar-refractivity contribution in [1.29, 1.82) is 0 Å². The largest absolute Gasteiger partial charge is 0.466 e. The number of aliphatic hydroxyl groups excluding tert-OH is 1. The van der Waals surface area contributed by atoms with E-state index in [1.165, 1.54) is 4.90 Å². The number of hydrogen-bond donors (Lipinski definition) is 2. The molecule has 1 aromatic rings. The predicted octanol–water partition coefficient (Wildman–Crippen LogP) is 2.32. The highest BCUT2D eigenvalue weighted by atomic mass is 79.9. The van der Waals surface area contributed by atoms with Crippen LogP contribution in [0.2, 0.25) is 0 Å². The highest BCUT2D eigenvalue weighted by Gasteiger charge is 2.77. The van der Waals surface area contributed by atoms with E-state index in [1.54, 1.807) is 6.92 Å². The fourth-order valence-electron chi connectivity index (χ4n) is 5.89. The van der Waals surface area contributed by atoms with Gasteiger partial charge in [-0.3, -0.25) is 14.4 Å². The molecule has 180 valence electrons. The molecule has 7 atom stereocenters. The predicted molar refractivity (Wildman–Crippen MR) is 125 cm³/mol. The third-order valence-electron chi connectivity index (χ3n) is 7.34. The van der Waals surface area contributed by atoms with Crippen molar-refractivity contribution in [2.24, 2.45) is 11.8 Å². The number of halogens is 1. The maximum atomic E-state index is 13.8. The zero-order chi connectivity index (χ0) is 24.1. The SMILES string of the molecule is CCOC(=O)[C@H]1[C@@H]2O[C@@]3(CC2Br)[C@@H]1C(=O)N([C@@H](CC)CO)[C@@H]3C(=O)Nc1c(C)cccc1C. The Morgan fingerprint density at radius 2 is 2.00 bits per heavy atom. The number of amides is 2. The van der Waals surface area contributed by atoms with Gasteiger partial charge in [-0.1, -0.05) is 41.1 Å². The first-order valence-electron chi connectivity index (χ1n) is 11.5. The van der Waals surface area contributed by atoms with Crippen LogP contribution in [0.1, 0.15) is 37.8 Å². The van der Waals surface area contributed by atoms with Crippen molar-refractivity contribution in [1.82, 2.24) is 4.90 Å². The lowest BCUT2D eigenvalue weighted by atomic mass is 9.70. The van der Waals surface area contributed by atoms with Gasteiger partial charge in [0.05, 0.1) is 37.2 Å². The van der Waals surface area contributed by atoms with E-state index in [0.717, 1.165) is 11.1 Å². The lowest BCUT2D eigenvalue weighted by molar-refractivity contribution is -0.155. The minimum atomic E-state index is -1.17. The molecular weight excluding hydrogens is 492 g/mol. The molecule has 3 heterocycles. The molecule has 2 amide bonds. The Morgan fingerprint density at radius 3 is 2.58 bits per heavy atom. The minimum absolute atomic E-state index is 0.192. The quantitative estimate of drug-likeness (QED) is 0.420. The standard InChI is InChI=1S/C24H31BrN2O6/c1-5-14(11-28)27-20(21(29)26-18-12(3)8-7-9-13(18)4)24-10-15(25)19(33-24)16(17(24)22(27)30)23(31)32-6-2/h7-9,14-17,19-20,28H,5-6,10-11H2,1-4H3,(H,26,29)/t14-,15?,16+,17-,19+,20+,24-/m0/s1. The first-order chi connectivity index (χ1) is 15.7. The summed E-state index contributed by atoms with van der Waals surface area (Å²) in [6.45, 7) is 7.30. The number of alkyl halides is 1. The highest BCUT2D eigenvalue weighted by molar-refractivity contribution is 9.09. The first-order valence-corrected chi connectivity index (χ1v) is 12.4. The zero-order valence-corrected chi connectivity index (χ0v) is 20.9. The summed E-state index contributed by atoms with van der Waals surface area (Å²) in [7, 11) is 0. The summed E-state index contributed by atoms with van der Waals surface area (Å²) < 4.78 is 11.7. The maximum Gasteiger partial charge on any atom is 0.312 e. The Kier molecular flexibility index (Phi) is 6.59. The van der Waals surface area contributed by atoms with Gasteiger partial charge in [-0.2, -0.15) is 0 Å². The number of likely N-dealkylation sites (tertiary alicyclic amines) is 1. The van der Waals surface area contributed by atoms with Crippen LogP contribution in [-0.4, -0.2) is 69.6 Å². The number of benzene rings is 1. The zero-order valence-electron chi connectivity index (χ0n) is 19.3. The number of ether oxygens (including phenoxy) is 2. The highest BCUT2D eigenvalue weighted by Crippen LogP contribution is 2.60. The molecule has 3 saturated heterocycles. The second-order valence-corrected chi connectivity index (χ2v) is 10.3. The van der Waals surface area contributed by atoms with Crippen molar-refractivity contribution in [2.75, 3.05) is 18.5 Å². The summed E-state index contributed by atoms with van der Waals surface area (Å²) in [5.41, 5.74) is 1.33. The lowest BCUT2D eigenvalue weighted by Crippen LogP contribution is -2.56. The number of carbonyl (C=O) groups is 3. The van der Waals surface area contributed by atoms with Crippen LogP contribution in [0.3, 0.4) is 0 Å². The van der Waals surface area contributed by atoms with E-state index in [1.807, 2.05) is 39.0 Å². The van der Waals surface area contributed by atoms with E-state index >= 15 is 0 Å². The Balaban J connectivity index is 1.79. The molecule has 8 nitrogen and oxygen atoms in total. The van der Waals surface area contributed by atoms with Gasteiger partial charge in [0.15, 0.2) is 0 Å². The van der Waals surface area contributed by atoms with Gasteiger partial charge in [-0.25, -0.2) is 0 Å². The fraction of sp³-hybridized carbons (Fsp3) is 0.625. The van der Waals surface area contributed by atoms with Gasteiger partial charge in [0, 0.05) is 10.5 Å². The van der Waals surface area contributed by atoms with Gasteiger partial charge in [-0.15, -0.1) is 0 Å². The minimum Gasteiger partial charge on any atom is -0.466 e. The average molecular weight is 523 g/mol. The number of aryl methyl sites for hydroxylation is 2. The number of nitrogens with zero attached hydrogens (tertiary/aromatic N) is 1. The number of nitrogens with one attached hydrogen (secondary N) is 1. The van der Waals surface area contributed by atoms with Crippen LogP contribution in [0.5, 0.6) is 0 Å². The smallest absolute Gasteiger partial charge is 0.312 e. The number of carbonyl (C=O) groups excluding carboxylic acids is 3. The number of esters is 1. The average Bonchev–Trinajstić information content (AvgIpc) is 3.36. The Hall–Kier alpha value is -1.97. The topological polar surface area (TPSA) is 105 Å². The van der Waals surface area contributed by atoms with Crippen LogP contribution in [0.25, 0.3) is 0 Å². The van der Waals surface area contributed by atoms with Crippen LogP contribution >= 0.6 is 15.9 Å². The molecule has 1 unspecified atom stereocenters. The maximum absolute atomic E-state index is 13.8. The number of aliphatic hydroxyl groups is 1. The Morgan fingerprint density at radius 1 is 1.33 bits per heavy atom. The van der Waals surface area contributed by atoms with E-state index in [2.05, 4.69) is 21.2 Å². The first kappa shape index (κ1) is 24.2. The monoisotopic (exact) mass is 522 g/mol. The number of rotatable bonds is 7. The van der Waals surface area contributed by atoms with Crippen LogP contribution in [0.4, 0.5) is 5.69 Å². The molecule has 0 aromatic heterocycles. The van der Waals surface area contributed by atoms with Crippen molar-refractivity contribution in [3.05, 3.63) is 29.3 Å². The van der Waals surface area contributed by atoms with Crippen LogP contribution in [-0.2, 0) is 23.9 Å². The number of hydrogen-bond acceptors (Lipinski definition) is 6. The van der Waals surface area contributed by atoms with E-state index in [-0.39, 0.29) is 29.9 Å². The molecule has 0 saturated carbocycles. The number of para-hydroxylation sites is 1. The van der Waals surface area contributed by atoms with Crippen LogP contribution < -0.4 is 5.32 Å². The second-order valence-electron chi connectivity index (χ2n) is 9.16. The van der Waals surface area contributed by atoms with Gasteiger partial charge in [0.2, 0.25) is 11.8 Å². The molecule has 4 rings (SSSR count). The molecule has 9 heteroatoms. The summed E-state index contributed by atoms with van der Waals surface area (Å²) in [5, 5.41) is 13.1. The summed E-state index contributed by atoms with van der Waals surface area (Å²) >= 11 is 3.62. The summed E-state index contributed by atoms with van der Waals surface area (Å²) in [4.78, 5) is 41.8. The van der Waals surface area contributed by atoms with Gasteiger partial charge < -0.3 is 24.8 Å².